The summed E-state index contributed by atoms with van der Waals surface area (Å²) in [5.41, 5.74) is 5.37. The smallest absolute Gasteiger partial charge is 0.142 e. The number of hydrogen-bond donors (Lipinski definition) is 0. The van der Waals surface area contributed by atoms with Gasteiger partial charge in [-0.3, -0.25) is 0 Å². The van der Waals surface area contributed by atoms with Gasteiger partial charge in [0.25, 0.3) is 0 Å². The van der Waals surface area contributed by atoms with Crippen LogP contribution in [0.15, 0.2) is 48.5 Å². The lowest BCUT2D eigenvalue weighted by atomic mass is 9.92. The van der Waals surface area contributed by atoms with Crippen molar-refractivity contribution in [3.8, 4) is 11.5 Å². The van der Waals surface area contributed by atoms with Gasteiger partial charge in [0.2, 0.25) is 0 Å². The summed E-state index contributed by atoms with van der Waals surface area (Å²) in [7, 11) is 3.51. The molecule has 2 aliphatic rings. The molecule has 0 bridgehead atoms. The highest BCUT2D eigenvalue weighted by molar-refractivity contribution is 5.71. The Hall–Kier alpha value is -2.62. The van der Waals surface area contributed by atoms with Crippen molar-refractivity contribution in [1.82, 2.24) is 4.90 Å². The maximum Gasteiger partial charge on any atom is 0.142 e. The number of nitrogens with zero attached hydrogens (tertiary/aromatic N) is 2. The van der Waals surface area contributed by atoms with Crippen LogP contribution in [0.25, 0.3) is 5.70 Å². The highest BCUT2D eigenvalue weighted by atomic mass is 16.5. The number of methoxy groups -OCH3 is 2. The minimum absolute atomic E-state index is 0.474. The standard InChI is InChI=1S/C25H32N2O2/c1-4-8-20-18-26(15-16-27(20)24-10-5-6-12-25(24)29-3)23-11-7-9-19-13-14-21(28-2)17-22(19)23/h5-6,10-14,17,20H,4,7-9,15-16,18H2,1-3H3. The third-order valence-electron chi connectivity index (χ3n) is 6.18. The Bertz CT molecular complexity index is 877. The van der Waals surface area contributed by atoms with Gasteiger partial charge in [0, 0.05) is 36.9 Å². The zero-order valence-electron chi connectivity index (χ0n) is 17.9. The van der Waals surface area contributed by atoms with Crippen LogP contribution in [0, 0.1) is 0 Å². The van der Waals surface area contributed by atoms with Gasteiger partial charge >= 0.3 is 0 Å². The van der Waals surface area contributed by atoms with E-state index in [0.29, 0.717) is 6.04 Å². The van der Waals surface area contributed by atoms with Crippen LogP contribution >= 0.6 is 0 Å². The van der Waals surface area contributed by atoms with Gasteiger partial charge in [0.05, 0.1) is 19.9 Å². The molecule has 0 spiro atoms. The number of fused-ring (bicyclic) bond motifs is 1. The van der Waals surface area contributed by atoms with Gasteiger partial charge in [-0.05, 0) is 49.1 Å². The van der Waals surface area contributed by atoms with Crippen molar-refractivity contribution in [1.29, 1.82) is 0 Å². The van der Waals surface area contributed by atoms with Gasteiger partial charge in [-0.15, -0.1) is 0 Å². The van der Waals surface area contributed by atoms with Gasteiger partial charge in [-0.2, -0.15) is 0 Å². The predicted octanol–water partition coefficient (Wildman–Crippen LogP) is 4.98. The van der Waals surface area contributed by atoms with E-state index in [1.165, 1.54) is 35.4 Å². The van der Waals surface area contributed by atoms with E-state index in [-0.39, 0.29) is 0 Å². The highest BCUT2D eigenvalue weighted by Gasteiger charge is 2.30. The zero-order valence-corrected chi connectivity index (χ0v) is 17.9. The predicted molar refractivity (Wildman–Crippen MR) is 120 cm³/mol. The molecule has 0 aromatic heterocycles. The number of rotatable bonds is 6. The van der Waals surface area contributed by atoms with E-state index < -0.39 is 0 Å². The van der Waals surface area contributed by atoms with Gasteiger partial charge in [0.1, 0.15) is 11.5 Å². The van der Waals surface area contributed by atoms with E-state index >= 15 is 0 Å². The summed E-state index contributed by atoms with van der Waals surface area (Å²) in [5.74, 6) is 1.91. The summed E-state index contributed by atoms with van der Waals surface area (Å²) in [6, 6.07) is 15.4. The molecule has 1 heterocycles. The van der Waals surface area contributed by atoms with E-state index in [9.17, 15) is 0 Å². The molecular formula is C25H32N2O2. The number of piperazine rings is 1. The molecular weight excluding hydrogens is 360 g/mol. The largest absolute Gasteiger partial charge is 0.497 e. The van der Waals surface area contributed by atoms with E-state index in [4.69, 9.17) is 9.47 Å². The number of allylic oxidation sites excluding steroid dienone is 1. The van der Waals surface area contributed by atoms with Crippen molar-refractivity contribution >= 4 is 11.4 Å². The summed E-state index contributed by atoms with van der Waals surface area (Å²) < 4.78 is 11.2. The lowest BCUT2D eigenvalue weighted by Gasteiger charge is -2.45. The Morgan fingerprint density at radius 2 is 1.90 bits per heavy atom. The minimum atomic E-state index is 0.474. The Labute approximate surface area is 174 Å². The number of hydrogen-bond acceptors (Lipinski definition) is 4. The average Bonchev–Trinajstić information content (AvgIpc) is 2.78. The van der Waals surface area contributed by atoms with Crippen molar-refractivity contribution in [2.24, 2.45) is 0 Å². The van der Waals surface area contributed by atoms with Crippen LogP contribution in [0.5, 0.6) is 11.5 Å². The second-order valence-electron chi connectivity index (χ2n) is 7.90. The molecule has 1 saturated heterocycles. The average molecular weight is 393 g/mol. The van der Waals surface area contributed by atoms with Gasteiger partial charge < -0.3 is 19.3 Å². The maximum absolute atomic E-state index is 5.66. The molecule has 1 atom stereocenters. The molecule has 1 aliphatic heterocycles. The Balaban J connectivity index is 1.61. The number of benzene rings is 2. The second kappa shape index (κ2) is 8.81. The third-order valence-corrected chi connectivity index (χ3v) is 6.18. The summed E-state index contributed by atoms with van der Waals surface area (Å²) in [6.45, 7) is 5.33. The SMILES string of the molecule is CCCC1CN(C2=CCCc3ccc(OC)cc32)CCN1c1ccccc1OC. The molecule has 2 aromatic carbocycles. The van der Waals surface area contributed by atoms with Crippen LogP contribution in [0.1, 0.15) is 37.3 Å². The Morgan fingerprint density at radius 3 is 2.69 bits per heavy atom. The second-order valence-corrected chi connectivity index (χ2v) is 7.90. The van der Waals surface area contributed by atoms with E-state index in [0.717, 1.165) is 44.0 Å². The summed E-state index contributed by atoms with van der Waals surface area (Å²) in [4.78, 5) is 5.14. The van der Waals surface area contributed by atoms with E-state index in [1.54, 1.807) is 14.2 Å². The lowest BCUT2D eigenvalue weighted by molar-refractivity contribution is 0.298. The molecule has 2 aromatic rings. The van der Waals surface area contributed by atoms with Crippen LogP contribution in [0.4, 0.5) is 5.69 Å². The fourth-order valence-corrected chi connectivity index (χ4v) is 4.75. The zero-order chi connectivity index (χ0) is 20.2. The normalized spacial score (nSPS) is 18.9. The molecule has 0 N–H and O–H groups in total. The fraction of sp³-hybridized carbons (Fsp3) is 0.440. The lowest BCUT2D eigenvalue weighted by Crippen LogP contribution is -2.52. The third kappa shape index (κ3) is 3.93. The first kappa shape index (κ1) is 19.7. The molecule has 1 aliphatic carbocycles. The molecule has 0 saturated carbocycles. The summed E-state index contributed by atoms with van der Waals surface area (Å²) >= 11 is 0. The molecule has 4 rings (SSSR count). The van der Waals surface area contributed by atoms with Crippen LogP contribution in [0.3, 0.4) is 0 Å². The molecule has 4 nitrogen and oxygen atoms in total. The molecule has 29 heavy (non-hydrogen) atoms. The number of para-hydroxylation sites is 2. The molecule has 0 amide bonds. The van der Waals surface area contributed by atoms with Gasteiger partial charge in [-0.1, -0.05) is 37.6 Å². The number of aryl methyl sites for hydroxylation is 1. The molecule has 1 fully saturated rings. The van der Waals surface area contributed by atoms with Crippen LogP contribution in [0.2, 0.25) is 0 Å². The Morgan fingerprint density at radius 1 is 1.03 bits per heavy atom. The summed E-state index contributed by atoms with van der Waals surface area (Å²) in [5, 5.41) is 0. The Kier molecular flexibility index (Phi) is 5.98. The van der Waals surface area contributed by atoms with E-state index in [2.05, 4.69) is 59.2 Å². The molecule has 4 heteroatoms. The van der Waals surface area contributed by atoms with Crippen molar-refractivity contribution in [3.05, 3.63) is 59.7 Å². The van der Waals surface area contributed by atoms with Crippen LogP contribution in [-0.2, 0) is 6.42 Å². The van der Waals surface area contributed by atoms with E-state index in [1.807, 2.05) is 6.07 Å². The van der Waals surface area contributed by atoms with Crippen molar-refractivity contribution < 1.29 is 9.47 Å². The fourth-order valence-electron chi connectivity index (χ4n) is 4.75. The van der Waals surface area contributed by atoms with Crippen molar-refractivity contribution in [2.45, 2.75) is 38.6 Å². The minimum Gasteiger partial charge on any atom is -0.497 e. The molecule has 0 radical (unpaired) electrons. The molecule has 1 unspecified atom stereocenters. The molecule has 154 valence electrons. The number of anilines is 1. The summed E-state index contributed by atoms with van der Waals surface area (Å²) in [6.07, 6.45) is 6.99. The maximum atomic E-state index is 5.66. The quantitative estimate of drug-likeness (QED) is 0.692. The monoisotopic (exact) mass is 392 g/mol. The first-order valence-corrected chi connectivity index (χ1v) is 10.8. The van der Waals surface area contributed by atoms with Gasteiger partial charge in [0.15, 0.2) is 0 Å². The van der Waals surface area contributed by atoms with Crippen molar-refractivity contribution in [3.63, 3.8) is 0 Å². The van der Waals surface area contributed by atoms with Crippen molar-refractivity contribution in [2.75, 3.05) is 38.8 Å². The topological polar surface area (TPSA) is 24.9 Å². The highest BCUT2D eigenvalue weighted by Crippen LogP contribution is 2.36. The van der Waals surface area contributed by atoms with Crippen LogP contribution < -0.4 is 14.4 Å². The first-order chi connectivity index (χ1) is 14.2. The van der Waals surface area contributed by atoms with Gasteiger partial charge in [-0.25, -0.2) is 0 Å². The number of ether oxygens (including phenoxy) is 2. The first-order valence-electron chi connectivity index (χ1n) is 10.8. The van der Waals surface area contributed by atoms with Crippen LogP contribution in [-0.4, -0.2) is 44.8 Å².